The van der Waals surface area contributed by atoms with Crippen molar-refractivity contribution in [2.75, 3.05) is 55.6 Å². The van der Waals surface area contributed by atoms with E-state index in [0.717, 1.165) is 63.4 Å². The summed E-state index contributed by atoms with van der Waals surface area (Å²) < 4.78 is 0. The number of nitrogens with zero attached hydrogens (tertiary/aromatic N) is 5. The second kappa shape index (κ2) is 10.5. The summed E-state index contributed by atoms with van der Waals surface area (Å²) in [6.45, 7) is 6.56. The SMILES string of the molecule is O=C(NCCCN1CCCCC1)C1CCCN(c2nnc(N3CCCCC3=O)s2)C1. The fraction of sp³-hybridized carbons (Fsp3) is 0.810. The van der Waals surface area contributed by atoms with Gasteiger partial charge in [-0.05, 0) is 64.6 Å². The van der Waals surface area contributed by atoms with Crippen LogP contribution in [0.25, 0.3) is 0 Å². The lowest BCUT2D eigenvalue weighted by Gasteiger charge is -2.31. The Morgan fingerprint density at radius 3 is 2.63 bits per heavy atom. The molecule has 1 atom stereocenters. The second-order valence-electron chi connectivity index (χ2n) is 8.70. The van der Waals surface area contributed by atoms with Crippen LogP contribution in [0.3, 0.4) is 0 Å². The van der Waals surface area contributed by atoms with Gasteiger partial charge in [-0.15, -0.1) is 10.2 Å². The highest BCUT2D eigenvalue weighted by molar-refractivity contribution is 7.19. The number of carbonyl (C=O) groups is 2. The lowest BCUT2D eigenvalue weighted by molar-refractivity contribution is -0.125. The molecule has 9 heteroatoms. The molecular formula is C21H34N6O2S. The number of piperidine rings is 3. The van der Waals surface area contributed by atoms with Crippen molar-refractivity contribution < 1.29 is 9.59 Å². The van der Waals surface area contributed by atoms with Gasteiger partial charge in [0.2, 0.25) is 22.1 Å². The number of hydrogen-bond acceptors (Lipinski definition) is 7. The maximum atomic E-state index is 12.7. The number of rotatable bonds is 7. The molecule has 1 aromatic heterocycles. The minimum Gasteiger partial charge on any atom is -0.356 e. The highest BCUT2D eigenvalue weighted by Crippen LogP contribution is 2.32. The zero-order chi connectivity index (χ0) is 20.8. The molecule has 2 amide bonds. The minimum absolute atomic E-state index is 0.00212. The lowest BCUT2D eigenvalue weighted by atomic mass is 9.97. The van der Waals surface area contributed by atoms with E-state index >= 15 is 0 Å². The van der Waals surface area contributed by atoms with Crippen LogP contribution < -0.4 is 15.1 Å². The van der Waals surface area contributed by atoms with Crippen LogP contribution in [0.1, 0.15) is 57.8 Å². The first kappa shape index (κ1) is 21.5. The van der Waals surface area contributed by atoms with Crippen LogP contribution in [0.5, 0.6) is 0 Å². The van der Waals surface area contributed by atoms with Gasteiger partial charge < -0.3 is 15.1 Å². The van der Waals surface area contributed by atoms with Gasteiger partial charge in [0.1, 0.15) is 0 Å². The molecule has 0 spiro atoms. The molecule has 0 aliphatic carbocycles. The molecule has 0 aromatic carbocycles. The van der Waals surface area contributed by atoms with Crippen LogP contribution in [0.4, 0.5) is 10.3 Å². The van der Waals surface area contributed by atoms with Crippen LogP contribution in [0.15, 0.2) is 0 Å². The van der Waals surface area contributed by atoms with Crippen molar-refractivity contribution in [1.82, 2.24) is 20.4 Å². The van der Waals surface area contributed by atoms with Crippen LogP contribution in [-0.4, -0.2) is 72.7 Å². The van der Waals surface area contributed by atoms with E-state index in [2.05, 4.69) is 25.3 Å². The largest absolute Gasteiger partial charge is 0.356 e. The third kappa shape index (κ3) is 5.49. The first-order valence-corrected chi connectivity index (χ1v) is 12.4. The highest BCUT2D eigenvalue weighted by Gasteiger charge is 2.29. The van der Waals surface area contributed by atoms with Crippen LogP contribution in [0.2, 0.25) is 0 Å². The van der Waals surface area contributed by atoms with E-state index in [1.54, 1.807) is 4.90 Å². The maximum absolute atomic E-state index is 12.7. The number of anilines is 2. The zero-order valence-corrected chi connectivity index (χ0v) is 18.7. The third-order valence-corrected chi connectivity index (χ3v) is 7.43. The summed E-state index contributed by atoms with van der Waals surface area (Å²) in [6.07, 6.45) is 9.47. The number of likely N-dealkylation sites (tertiary alicyclic amines) is 1. The smallest absolute Gasteiger partial charge is 0.228 e. The number of hydrogen-bond donors (Lipinski definition) is 1. The molecule has 166 valence electrons. The molecule has 1 unspecified atom stereocenters. The molecule has 0 bridgehead atoms. The molecule has 3 aliphatic heterocycles. The quantitative estimate of drug-likeness (QED) is 0.663. The Labute approximate surface area is 183 Å². The Kier molecular flexibility index (Phi) is 7.54. The summed E-state index contributed by atoms with van der Waals surface area (Å²) in [5, 5.41) is 13.3. The fourth-order valence-electron chi connectivity index (χ4n) is 4.66. The van der Waals surface area contributed by atoms with E-state index in [0.29, 0.717) is 18.1 Å². The van der Waals surface area contributed by atoms with Crippen molar-refractivity contribution >= 4 is 33.4 Å². The van der Waals surface area contributed by atoms with Gasteiger partial charge in [-0.1, -0.05) is 17.8 Å². The molecule has 4 heterocycles. The Hall–Kier alpha value is -1.74. The maximum Gasteiger partial charge on any atom is 0.228 e. The Morgan fingerprint density at radius 2 is 1.80 bits per heavy atom. The van der Waals surface area contributed by atoms with Crippen molar-refractivity contribution in [3.8, 4) is 0 Å². The summed E-state index contributed by atoms with van der Waals surface area (Å²) >= 11 is 1.47. The summed E-state index contributed by atoms with van der Waals surface area (Å²) in [6, 6.07) is 0. The van der Waals surface area contributed by atoms with Crippen molar-refractivity contribution in [2.45, 2.75) is 57.8 Å². The molecule has 3 aliphatic rings. The monoisotopic (exact) mass is 434 g/mol. The van der Waals surface area contributed by atoms with E-state index in [4.69, 9.17) is 0 Å². The first-order chi connectivity index (χ1) is 14.7. The number of carbonyl (C=O) groups excluding carboxylic acids is 2. The van der Waals surface area contributed by atoms with Gasteiger partial charge in [0, 0.05) is 32.6 Å². The van der Waals surface area contributed by atoms with Crippen molar-refractivity contribution in [3.63, 3.8) is 0 Å². The Balaban J connectivity index is 1.23. The molecule has 3 fully saturated rings. The second-order valence-corrected chi connectivity index (χ2v) is 9.64. The normalized spacial score (nSPS) is 23.6. The van der Waals surface area contributed by atoms with Gasteiger partial charge in [-0.2, -0.15) is 0 Å². The molecule has 4 rings (SSSR count). The van der Waals surface area contributed by atoms with Crippen LogP contribution in [-0.2, 0) is 9.59 Å². The van der Waals surface area contributed by atoms with Crippen LogP contribution >= 0.6 is 11.3 Å². The average molecular weight is 435 g/mol. The van der Waals surface area contributed by atoms with E-state index in [1.807, 2.05) is 0 Å². The summed E-state index contributed by atoms with van der Waals surface area (Å²) in [5.41, 5.74) is 0. The summed E-state index contributed by atoms with van der Waals surface area (Å²) in [5.74, 6) is 0.302. The molecule has 3 saturated heterocycles. The van der Waals surface area contributed by atoms with E-state index in [1.165, 1.54) is 43.7 Å². The first-order valence-electron chi connectivity index (χ1n) is 11.6. The van der Waals surface area contributed by atoms with E-state index in [9.17, 15) is 9.59 Å². The lowest BCUT2D eigenvalue weighted by Crippen LogP contribution is -2.43. The van der Waals surface area contributed by atoms with Gasteiger partial charge in [-0.3, -0.25) is 14.5 Å². The average Bonchev–Trinajstić information content (AvgIpc) is 3.28. The molecule has 8 nitrogen and oxygen atoms in total. The molecule has 0 radical (unpaired) electrons. The highest BCUT2D eigenvalue weighted by atomic mass is 32.1. The van der Waals surface area contributed by atoms with Gasteiger partial charge in [0.25, 0.3) is 0 Å². The summed E-state index contributed by atoms with van der Waals surface area (Å²) in [7, 11) is 0. The Bertz CT molecular complexity index is 720. The van der Waals surface area contributed by atoms with Gasteiger partial charge in [0.15, 0.2) is 0 Å². The Morgan fingerprint density at radius 1 is 1.00 bits per heavy atom. The van der Waals surface area contributed by atoms with Crippen molar-refractivity contribution in [1.29, 1.82) is 0 Å². The molecular weight excluding hydrogens is 400 g/mol. The molecule has 30 heavy (non-hydrogen) atoms. The van der Waals surface area contributed by atoms with Crippen molar-refractivity contribution in [3.05, 3.63) is 0 Å². The van der Waals surface area contributed by atoms with Gasteiger partial charge >= 0.3 is 0 Å². The molecule has 1 N–H and O–H groups in total. The number of amides is 2. The molecule has 0 saturated carbocycles. The summed E-state index contributed by atoms with van der Waals surface area (Å²) in [4.78, 5) is 31.3. The number of aromatic nitrogens is 2. The number of nitrogens with one attached hydrogen (secondary N) is 1. The fourth-order valence-corrected chi connectivity index (χ4v) is 5.58. The third-order valence-electron chi connectivity index (χ3n) is 6.42. The van der Waals surface area contributed by atoms with Crippen LogP contribution in [0, 0.1) is 5.92 Å². The minimum atomic E-state index is -0.00212. The molecule has 1 aromatic rings. The van der Waals surface area contributed by atoms with E-state index < -0.39 is 0 Å². The predicted molar refractivity (Wildman–Crippen MR) is 119 cm³/mol. The zero-order valence-electron chi connectivity index (χ0n) is 17.9. The topological polar surface area (TPSA) is 81.7 Å². The standard InChI is InChI=1S/C21H34N6O2S/c28-18-9-2-5-15-27(18)21-24-23-20(30-21)26-14-6-8-17(16-26)19(29)22-10-7-13-25-11-3-1-4-12-25/h17H,1-16H2,(H,22,29). The van der Waals surface area contributed by atoms with Gasteiger partial charge in [-0.25, -0.2) is 0 Å². The van der Waals surface area contributed by atoms with Gasteiger partial charge in [0.05, 0.1) is 5.92 Å². The van der Waals surface area contributed by atoms with Crippen molar-refractivity contribution in [2.24, 2.45) is 5.92 Å². The predicted octanol–water partition coefficient (Wildman–Crippen LogP) is 2.26. The van der Waals surface area contributed by atoms with E-state index in [-0.39, 0.29) is 17.7 Å².